The zero-order chi connectivity index (χ0) is 11.5. The van der Waals surface area contributed by atoms with Crippen LogP contribution in [-0.2, 0) is 17.9 Å². The third-order valence-corrected chi connectivity index (χ3v) is 57.7. The molecule has 0 aromatic heterocycles. The average molecular weight is 292 g/mol. The van der Waals surface area contributed by atoms with E-state index < -0.39 is 6.51 Å². The van der Waals surface area contributed by atoms with E-state index in [-0.39, 0.29) is 0 Å². The van der Waals surface area contributed by atoms with Gasteiger partial charge in [0.2, 0.25) is 0 Å². The van der Waals surface area contributed by atoms with Crippen LogP contribution in [0.15, 0.2) is 30.3 Å². The fraction of sp³-hybridized carbons (Fsp3) is 0.647. The molecular formula is C17H16FeO. The fourth-order valence-corrected chi connectivity index (χ4v) is 89.7. The molecule has 0 bridgehead atoms. The van der Waals surface area contributed by atoms with Gasteiger partial charge in [-0.25, -0.2) is 0 Å². The van der Waals surface area contributed by atoms with Gasteiger partial charge in [0, 0.05) is 0 Å². The molecule has 1 aromatic rings. The molecule has 0 saturated carbocycles. The summed E-state index contributed by atoms with van der Waals surface area (Å²) in [5.74, 6) is 0. The maximum atomic E-state index is 6.90. The Morgan fingerprint density at radius 3 is 1.84 bits per heavy atom. The van der Waals surface area contributed by atoms with Crippen molar-refractivity contribution in [2.45, 2.75) is 54.5 Å². The summed E-state index contributed by atoms with van der Waals surface area (Å²) >= 11 is 0. The number of rotatable bonds is 3. The van der Waals surface area contributed by atoms with Crippen LogP contribution in [0.4, 0.5) is 0 Å². The minimum atomic E-state index is -2.94. The average Bonchev–Trinajstić information content (AvgIpc) is 3.38. The Morgan fingerprint density at radius 1 is 0.842 bits per heavy atom. The molecule has 1 spiro atoms. The van der Waals surface area contributed by atoms with E-state index in [9.17, 15) is 0 Å². The summed E-state index contributed by atoms with van der Waals surface area (Å²) in [7, 11) is 0. The Balaban J connectivity index is 1.26. The van der Waals surface area contributed by atoms with E-state index in [2.05, 4.69) is 30.3 Å². The van der Waals surface area contributed by atoms with Crippen molar-refractivity contribution in [1.29, 1.82) is 0 Å². The van der Waals surface area contributed by atoms with Crippen molar-refractivity contribution in [3.8, 4) is 0 Å². The van der Waals surface area contributed by atoms with Gasteiger partial charge < -0.3 is 0 Å². The Morgan fingerprint density at radius 2 is 1.42 bits per heavy atom. The van der Waals surface area contributed by atoms with E-state index >= 15 is 0 Å². The van der Waals surface area contributed by atoms with Crippen LogP contribution in [0.1, 0.15) is 5.56 Å². The van der Waals surface area contributed by atoms with Crippen molar-refractivity contribution in [1.82, 2.24) is 0 Å². The molecule has 2 heteroatoms. The molecule has 10 aliphatic heterocycles. The summed E-state index contributed by atoms with van der Waals surface area (Å²) in [5.41, 5.74) is 1.42. The van der Waals surface area contributed by atoms with Crippen LogP contribution in [0.5, 0.6) is 0 Å². The van der Waals surface area contributed by atoms with Crippen LogP contribution in [0.25, 0.3) is 0 Å². The number of fused-ring (bicyclic) bond motifs is 10. The number of benzene rings is 1. The summed E-state index contributed by atoms with van der Waals surface area (Å²) in [6.07, 6.45) is 0. The van der Waals surface area contributed by atoms with E-state index in [1.165, 1.54) is 48.9 Å². The number of ether oxygens (including phenoxy) is 1. The van der Waals surface area contributed by atoms with Crippen molar-refractivity contribution >= 4 is 0 Å². The maximum absolute atomic E-state index is 6.90. The molecule has 4 atom stereocenters. The monoisotopic (exact) mass is 292 g/mol. The van der Waals surface area contributed by atoms with Crippen LogP contribution in [0.3, 0.4) is 0 Å². The molecule has 0 aliphatic carbocycles. The van der Waals surface area contributed by atoms with Gasteiger partial charge in [-0.2, -0.15) is 0 Å². The summed E-state index contributed by atoms with van der Waals surface area (Å²) in [5, 5.41) is 0. The van der Waals surface area contributed by atoms with Gasteiger partial charge in [0.15, 0.2) is 0 Å². The molecule has 98 valence electrons. The second-order valence-corrected chi connectivity index (χ2v) is 34.9. The molecule has 0 N–H and O–H groups in total. The second-order valence-electron chi connectivity index (χ2n) is 11.4. The molecule has 10 fully saturated rings. The predicted molar refractivity (Wildman–Crippen MR) is 67.7 cm³/mol. The Hall–Kier alpha value is -0.301. The quantitative estimate of drug-likeness (QED) is 0.745. The fourth-order valence-electron chi connectivity index (χ4n) is 17.1. The van der Waals surface area contributed by atoms with Gasteiger partial charge in [-0.3, -0.25) is 0 Å². The standard InChI is InChI=1S/C12H11O.C5H5.Fe/c1-2-6-11(7-3-1)10-13-12-8-4-5-9-12;1-2-4-5-3-1;/h1-9H,10H2;1-5H;. The molecule has 0 amide bonds. The predicted octanol–water partition coefficient (Wildman–Crippen LogP) is 4.50. The molecule has 11 rings (SSSR count). The molecule has 10 saturated heterocycles. The normalized spacial score (nSPS) is 108. The van der Waals surface area contributed by atoms with Gasteiger partial charge in [0.1, 0.15) is 0 Å². The van der Waals surface area contributed by atoms with Crippen molar-refractivity contribution in [2.24, 2.45) is 0 Å². The minimum absolute atomic E-state index is 0.648. The number of hydrogen-bond donors (Lipinski definition) is 0. The van der Waals surface area contributed by atoms with E-state index in [1.54, 1.807) is 0 Å². The van der Waals surface area contributed by atoms with Crippen molar-refractivity contribution in [3.63, 3.8) is 0 Å². The van der Waals surface area contributed by atoms with Crippen LogP contribution < -0.4 is 0 Å². The number of hydrogen-bond acceptors (Lipinski definition) is 1. The molecule has 19 heavy (non-hydrogen) atoms. The van der Waals surface area contributed by atoms with Crippen LogP contribution >= 0.6 is 0 Å². The Kier molecular flexibility index (Phi) is 0.240. The summed E-state index contributed by atoms with van der Waals surface area (Å²) in [4.78, 5) is 12.3. The van der Waals surface area contributed by atoms with E-state index in [1.807, 2.05) is 0 Å². The second kappa shape index (κ2) is 0.642. The molecular weight excluding hydrogens is 276 g/mol. The first-order valence-electron chi connectivity index (χ1n) is 8.01. The van der Waals surface area contributed by atoms with E-state index in [4.69, 9.17) is 4.74 Å². The summed E-state index contributed by atoms with van der Waals surface area (Å²) in [6.45, 7) is -2.00. The first kappa shape index (κ1) is 7.11. The first-order chi connectivity index (χ1) is 9.12. The topological polar surface area (TPSA) is 9.23 Å². The van der Waals surface area contributed by atoms with E-state index in [0.717, 1.165) is 6.61 Å². The molecule has 4 unspecified atom stereocenters. The molecule has 10 aliphatic rings. The van der Waals surface area contributed by atoms with Crippen LogP contribution in [-0.4, -0.2) is 4.50 Å². The van der Waals surface area contributed by atoms with E-state index in [0.29, 0.717) is 4.50 Å². The Labute approximate surface area is 102 Å². The third kappa shape index (κ3) is 0.0849. The summed E-state index contributed by atoms with van der Waals surface area (Å²) in [6, 6.07) is 11.0. The first-order valence-corrected chi connectivity index (χ1v) is 14.3. The van der Waals surface area contributed by atoms with Crippen molar-refractivity contribution < 1.29 is 11.2 Å². The molecule has 1 aromatic carbocycles. The van der Waals surface area contributed by atoms with Gasteiger partial charge in [-0.15, -0.1) is 0 Å². The Bertz CT molecular complexity index is 1060. The van der Waals surface area contributed by atoms with Gasteiger partial charge in [0.25, 0.3) is 0 Å². The SMILES string of the molecule is c1ccc(CO[C]23[CH]4[CH]5[CH]6[CH]2[Fe]56432789[CH]3[CH]2[CH]7[CH]8[CH]39)cc1. The molecule has 0 radical (unpaired) electrons. The van der Waals surface area contributed by atoms with Crippen LogP contribution in [0.2, 0.25) is 43.3 Å². The zero-order valence-corrected chi connectivity index (χ0v) is 11.7. The van der Waals surface area contributed by atoms with Crippen LogP contribution in [0, 0.1) is 0 Å². The van der Waals surface area contributed by atoms with Gasteiger partial charge >= 0.3 is 102 Å². The zero-order valence-electron chi connectivity index (χ0n) is 10.6. The van der Waals surface area contributed by atoms with Gasteiger partial charge in [-0.1, -0.05) is 0 Å². The third-order valence-electron chi connectivity index (χ3n) is 15.8. The van der Waals surface area contributed by atoms with Gasteiger partial charge in [0.05, 0.1) is 0 Å². The molecule has 10 heterocycles. The van der Waals surface area contributed by atoms with Crippen molar-refractivity contribution in [3.05, 3.63) is 35.9 Å². The van der Waals surface area contributed by atoms with Gasteiger partial charge in [-0.05, 0) is 0 Å². The molecule has 1 nitrogen and oxygen atoms in total. The summed E-state index contributed by atoms with van der Waals surface area (Å²) < 4.78 is 7.55. The van der Waals surface area contributed by atoms with Crippen molar-refractivity contribution in [2.75, 3.05) is 0 Å².